The fourth-order valence-corrected chi connectivity index (χ4v) is 8.31. The minimum Gasteiger partial charge on any atom is -0.434 e. The van der Waals surface area contributed by atoms with Gasteiger partial charge in [0.2, 0.25) is 6.29 Å². The molecule has 2 heterocycles. The first-order chi connectivity index (χ1) is 32.1. The number of tetrazole rings is 1. The number of imidazole rings is 1. The number of carbonyl (C=O) groups is 2. The topological polar surface area (TPSA) is 176 Å². The Balaban J connectivity index is 1.13. The monoisotopic (exact) mass is 911 g/mol. The highest BCUT2D eigenvalue weighted by molar-refractivity contribution is 6.32. The lowest BCUT2D eigenvalue weighted by Crippen LogP contribution is -2.39. The molecule has 0 spiro atoms. The molecule has 2 atom stereocenters. The molecule has 5 aromatic carbocycles. The van der Waals surface area contributed by atoms with Gasteiger partial charge in [-0.3, -0.25) is 0 Å². The van der Waals surface area contributed by atoms with Crippen LogP contribution in [0.5, 0.6) is 0 Å². The fraction of sp³-hybridized carbons (Fsp3) is 0.280. The predicted octanol–water partition coefficient (Wildman–Crippen LogP) is 10.5. The van der Waals surface area contributed by atoms with E-state index in [1.165, 1.54) is 6.92 Å². The molecule has 0 saturated carbocycles. The molecule has 2 unspecified atom stereocenters. The number of rotatable bonds is 21. The molecule has 2 aromatic heterocycles. The van der Waals surface area contributed by atoms with Crippen molar-refractivity contribution in [2.24, 2.45) is 0 Å². The minimum atomic E-state index is -1.31. The molecule has 66 heavy (non-hydrogen) atoms. The molecule has 0 bridgehead atoms. The second kappa shape index (κ2) is 22.0. The number of aryl methyl sites for hydroxylation is 1. The summed E-state index contributed by atoms with van der Waals surface area (Å²) in [5.74, 6) is 0.359. The molecule has 0 aliphatic heterocycles. The van der Waals surface area contributed by atoms with E-state index in [9.17, 15) is 19.7 Å². The molecule has 16 heteroatoms. The normalized spacial score (nSPS) is 12.2. The van der Waals surface area contributed by atoms with Crippen LogP contribution in [-0.2, 0) is 37.6 Å². The molecule has 0 saturated heterocycles. The smallest absolute Gasteiger partial charge is 0.434 e. The summed E-state index contributed by atoms with van der Waals surface area (Å²) in [6, 6.07) is 46.8. The maximum Gasteiger partial charge on any atom is 0.511 e. The van der Waals surface area contributed by atoms with Crippen LogP contribution in [0.2, 0.25) is 5.15 Å². The van der Waals surface area contributed by atoms with Gasteiger partial charge < -0.3 is 23.6 Å². The molecule has 0 radical (unpaired) electrons. The predicted molar refractivity (Wildman–Crippen MR) is 247 cm³/mol. The summed E-state index contributed by atoms with van der Waals surface area (Å²) in [5, 5.41) is 23.4. The molecule has 0 amide bonds. The molecule has 0 N–H and O–H groups in total. The largest absolute Gasteiger partial charge is 0.511 e. The first-order valence-electron chi connectivity index (χ1n) is 21.8. The van der Waals surface area contributed by atoms with Crippen LogP contribution in [0.25, 0.3) is 22.5 Å². The van der Waals surface area contributed by atoms with E-state index in [2.05, 4.69) is 58.4 Å². The van der Waals surface area contributed by atoms with E-state index in [1.54, 1.807) is 11.5 Å². The first-order valence-corrected chi connectivity index (χ1v) is 22.2. The molecule has 0 aliphatic rings. The zero-order valence-electron chi connectivity index (χ0n) is 36.9. The molecule has 0 fully saturated rings. The van der Waals surface area contributed by atoms with Gasteiger partial charge in [0.05, 0.1) is 6.61 Å². The van der Waals surface area contributed by atoms with Crippen molar-refractivity contribution in [3.05, 3.63) is 189 Å². The Morgan fingerprint density at radius 3 is 1.95 bits per heavy atom. The van der Waals surface area contributed by atoms with E-state index in [0.717, 1.165) is 51.8 Å². The van der Waals surface area contributed by atoms with Crippen LogP contribution in [0.4, 0.5) is 4.79 Å². The zero-order chi connectivity index (χ0) is 46.5. The third-order valence-corrected chi connectivity index (χ3v) is 11.4. The summed E-state index contributed by atoms with van der Waals surface area (Å²) in [6.45, 7) is 5.29. The van der Waals surface area contributed by atoms with Crippen LogP contribution in [0.1, 0.15) is 91.4 Å². The lowest BCUT2D eigenvalue weighted by Gasteiger charge is -2.36. The molecule has 7 aromatic rings. The maximum atomic E-state index is 13.7. The second-order valence-electron chi connectivity index (χ2n) is 15.6. The summed E-state index contributed by atoms with van der Waals surface area (Å²) in [7, 11) is 0. The van der Waals surface area contributed by atoms with Crippen LogP contribution in [-0.4, -0.2) is 66.0 Å². The third kappa shape index (κ3) is 10.8. The Morgan fingerprint density at radius 2 is 1.36 bits per heavy atom. The summed E-state index contributed by atoms with van der Waals surface area (Å²) >= 11 is 6.63. The van der Waals surface area contributed by atoms with E-state index in [0.29, 0.717) is 37.3 Å². The van der Waals surface area contributed by atoms with Crippen molar-refractivity contribution in [3.8, 4) is 22.5 Å². The number of aromatic nitrogens is 6. The van der Waals surface area contributed by atoms with Crippen LogP contribution in [0.3, 0.4) is 0 Å². The molecule has 340 valence electrons. The quantitative estimate of drug-likeness (QED) is 0.0167. The fourth-order valence-electron chi connectivity index (χ4n) is 8.03. The standard InChI is InChI=1S/C50H50ClN7O8/c1-4-5-28-44-52-46(51)45(48(59)64-36(3)65-49(60)63-33-18-17-19-35(2)66-58(61)62)56(44)34-37-29-31-38(32-30-37)42-26-15-16-27-43(42)47-53-54-55-57(47)50(39-20-9-6-10-21-39,40-22-11-7-12-23-40)41-24-13-8-14-25-41/h6-16,20-27,29-32,35-36H,4-5,17-19,28,33-34H2,1-3H3. The van der Waals surface area contributed by atoms with Crippen molar-refractivity contribution in [2.75, 3.05) is 6.61 Å². The van der Waals surface area contributed by atoms with Crippen LogP contribution in [0, 0.1) is 10.1 Å². The van der Waals surface area contributed by atoms with Crippen molar-refractivity contribution >= 4 is 23.7 Å². The number of esters is 1. The Kier molecular flexibility index (Phi) is 15.5. The first kappa shape index (κ1) is 46.6. The van der Waals surface area contributed by atoms with Crippen LogP contribution >= 0.6 is 11.6 Å². The second-order valence-corrected chi connectivity index (χ2v) is 16.0. The van der Waals surface area contributed by atoms with Crippen molar-refractivity contribution in [1.82, 2.24) is 29.8 Å². The zero-order valence-corrected chi connectivity index (χ0v) is 37.6. The van der Waals surface area contributed by atoms with Gasteiger partial charge in [0.1, 0.15) is 17.5 Å². The summed E-state index contributed by atoms with van der Waals surface area (Å²) in [6.07, 6.45) is 0.699. The Bertz CT molecular complexity index is 2600. The number of halogens is 1. The van der Waals surface area contributed by atoms with Gasteiger partial charge in [0.15, 0.2) is 16.7 Å². The lowest BCUT2D eigenvalue weighted by atomic mass is 9.77. The van der Waals surface area contributed by atoms with E-state index < -0.39 is 35.1 Å². The highest BCUT2D eigenvalue weighted by Gasteiger charge is 2.42. The molecular formula is C50H50ClN7O8. The lowest BCUT2D eigenvalue weighted by molar-refractivity contribution is -0.767. The van der Waals surface area contributed by atoms with Gasteiger partial charge in [-0.05, 0) is 76.4 Å². The molecular weight excluding hydrogens is 862 g/mol. The number of nitrogens with zero attached hydrogens (tertiary/aromatic N) is 7. The Hall–Kier alpha value is -7.39. The molecule has 7 rings (SSSR count). The number of hydrogen-bond donors (Lipinski definition) is 0. The number of unbranched alkanes of at least 4 members (excludes halogenated alkanes) is 2. The van der Waals surface area contributed by atoms with E-state index in [1.807, 2.05) is 108 Å². The highest BCUT2D eigenvalue weighted by atomic mass is 35.5. The Morgan fingerprint density at radius 1 is 0.773 bits per heavy atom. The number of carbonyl (C=O) groups excluding carboxylic acids is 2. The summed E-state index contributed by atoms with van der Waals surface area (Å²) < 4.78 is 19.4. The van der Waals surface area contributed by atoms with E-state index in [4.69, 9.17) is 36.1 Å². The van der Waals surface area contributed by atoms with E-state index in [-0.39, 0.29) is 24.0 Å². The maximum absolute atomic E-state index is 13.7. The minimum absolute atomic E-state index is 0.00470. The SMILES string of the molecule is CCCCc1nc(Cl)c(C(=O)OC(C)OC(=O)OCCCCC(C)O[N+](=O)[O-])n1Cc1ccc(-c2ccccc2-c2nnnn2C(c2ccccc2)(c2ccccc2)c2ccccc2)cc1. The van der Waals surface area contributed by atoms with Crippen molar-refractivity contribution in [2.45, 2.75) is 83.8 Å². The van der Waals surface area contributed by atoms with Gasteiger partial charge in [-0.2, -0.15) is 0 Å². The third-order valence-electron chi connectivity index (χ3n) is 11.1. The van der Waals surface area contributed by atoms with Gasteiger partial charge in [0.25, 0.3) is 5.09 Å². The van der Waals surface area contributed by atoms with Gasteiger partial charge in [0, 0.05) is 25.5 Å². The van der Waals surface area contributed by atoms with Crippen LogP contribution in [0.15, 0.2) is 140 Å². The van der Waals surface area contributed by atoms with Crippen molar-refractivity contribution in [1.29, 1.82) is 0 Å². The average Bonchev–Trinajstić information content (AvgIpc) is 3.93. The summed E-state index contributed by atoms with van der Waals surface area (Å²) in [4.78, 5) is 45.5. The number of hydrogen-bond acceptors (Lipinski definition) is 12. The van der Waals surface area contributed by atoms with Gasteiger partial charge in [-0.1, -0.05) is 164 Å². The van der Waals surface area contributed by atoms with Crippen molar-refractivity contribution < 1.29 is 33.7 Å². The van der Waals surface area contributed by atoms with E-state index >= 15 is 0 Å². The molecule has 0 aliphatic carbocycles. The van der Waals surface area contributed by atoms with Crippen LogP contribution < -0.4 is 0 Å². The number of ether oxygens (including phenoxy) is 3. The molecule has 15 nitrogen and oxygen atoms in total. The number of benzene rings is 5. The van der Waals surface area contributed by atoms with Gasteiger partial charge in [-0.25, -0.2) is 19.3 Å². The van der Waals surface area contributed by atoms with Crippen molar-refractivity contribution in [3.63, 3.8) is 0 Å². The highest BCUT2D eigenvalue weighted by Crippen LogP contribution is 2.43. The summed E-state index contributed by atoms with van der Waals surface area (Å²) in [5.41, 5.74) is 5.57. The average molecular weight is 912 g/mol. The van der Waals surface area contributed by atoms with Gasteiger partial charge in [-0.15, -0.1) is 15.2 Å². The Labute approximate surface area is 387 Å². The van der Waals surface area contributed by atoms with Gasteiger partial charge >= 0.3 is 12.1 Å².